The molecule has 0 aliphatic carbocycles. The van der Waals surface area contributed by atoms with E-state index in [4.69, 9.17) is 4.42 Å². The lowest BCUT2D eigenvalue weighted by Crippen LogP contribution is -2.34. The van der Waals surface area contributed by atoms with Gasteiger partial charge in [-0.25, -0.2) is 9.67 Å². The molecule has 3 rings (SSSR count). The van der Waals surface area contributed by atoms with E-state index < -0.39 is 0 Å². The zero-order valence-corrected chi connectivity index (χ0v) is 13.4. The molecule has 0 aliphatic heterocycles. The van der Waals surface area contributed by atoms with Crippen LogP contribution in [0.2, 0.25) is 0 Å². The van der Waals surface area contributed by atoms with Gasteiger partial charge in [0.05, 0.1) is 12.8 Å². The Labute approximate surface area is 143 Å². The number of carbonyl (C=O) groups excluding carboxylic acids is 2. The summed E-state index contributed by atoms with van der Waals surface area (Å²) < 4.78 is 6.69. The summed E-state index contributed by atoms with van der Waals surface area (Å²) >= 11 is 0. The Balaban J connectivity index is 1.42. The molecule has 128 valence electrons. The number of amides is 2. The van der Waals surface area contributed by atoms with Crippen LogP contribution in [0.15, 0.2) is 59.7 Å². The van der Waals surface area contributed by atoms with E-state index in [9.17, 15) is 9.59 Å². The molecule has 8 heteroatoms. The van der Waals surface area contributed by atoms with Crippen molar-refractivity contribution in [2.75, 3.05) is 13.1 Å². The zero-order valence-electron chi connectivity index (χ0n) is 13.4. The van der Waals surface area contributed by atoms with Gasteiger partial charge in [-0.1, -0.05) is 12.1 Å². The van der Waals surface area contributed by atoms with Gasteiger partial charge in [-0.05, 0) is 29.8 Å². The Kier molecular flexibility index (Phi) is 5.20. The molecule has 1 aromatic carbocycles. The third-order valence-corrected chi connectivity index (χ3v) is 3.47. The molecular formula is C17H17N5O3. The van der Waals surface area contributed by atoms with Gasteiger partial charge in [0.2, 0.25) is 0 Å². The maximum atomic E-state index is 12.1. The Morgan fingerprint density at radius 3 is 2.44 bits per heavy atom. The predicted octanol–water partition coefficient (Wildman–Crippen LogP) is 1.08. The summed E-state index contributed by atoms with van der Waals surface area (Å²) in [6, 6.07) is 10.5. The first-order chi connectivity index (χ1) is 12.2. The number of aromatic nitrogens is 3. The molecule has 0 fully saturated rings. The van der Waals surface area contributed by atoms with Crippen LogP contribution in [0.25, 0.3) is 0 Å². The summed E-state index contributed by atoms with van der Waals surface area (Å²) in [6.07, 6.45) is 4.55. The molecule has 2 heterocycles. The first-order valence-corrected chi connectivity index (χ1v) is 7.73. The third-order valence-electron chi connectivity index (χ3n) is 3.47. The molecule has 3 aromatic rings. The van der Waals surface area contributed by atoms with E-state index in [2.05, 4.69) is 20.7 Å². The van der Waals surface area contributed by atoms with Gasteiger partial charge in [0.1, 0.15) is 12.7 Å². The van der Waals surface area contributed by atoms with Crippen molar-refractivity contribution >= 4 is 11.8 Å². The average Bonchev–Trinajstić information content (AvgIpc) is 3.32. The Bertz CT molecular complexity index is 811. The van der Waals surface area contributed by atoms with E-state index in [1.165, 1.54) is 12.6 Å². The Morgan fingerprint density at radius 1 is 1.04 bits per heavy atom. The molecule has 25 heavy (non-hydrogen) atoms. The van der Waals surface area contributed by atoms with E-state index in [0.717, 1.165) is 5.56 Å². The molecule has 0 spiro atoms. The fourth-order valence-electron chi connectivity index (χ4n) is 2.21. The van der Waals surface area contributed by atoms with Crippen LogP contribution in [0.4, 0.5) is 0 Å². The van der Waals surface area contributed by atoms with Crippen LogP contribution in [0.1, 0.15) is 26.5 Å². The first-order valence-electron chi connectivity index (χ1n) is 7.73. The fraction of sp³-hybridized carbons (Fsp3) is 0.176. The second kappa shape index (κ2) is 7.91. The lowest BCUT2D eigenvalue weighted by atomic mass is 10.1. The zero-order chi connectivity index (χ0) is 17.5. The van der Waals surface area contributed by atoms with Crippen LogP contribution >= 0.6 is 0 Å². The summed E-state index contributed by atoms with van der Waals surface area (Å²) in [5.41, 5.74) is 1.58. The number of furan rings is 1. The van der Waals surface area contributed by atoms with Crippen molar-refractivity contribution in [3.63, 3.8) is 0 Å². The number of benzene rings is 1. The van der Waals surface area contributed by atoms with Gasteiger partial charge in [-0.3, -0.25) is 9.59 Å². The predicted molar refractivity (Wildman–Crippen MR) is 88.9 cm³/mol. The highest BCUT2D eigenvalue weighted by Crippen LogP contribution is 2.06. The minimum absolute atomic E-state index is 0.195. The fourth-order valence-corrected chi connectivity index (χ4v) is 2.21. The van der Waals surface area contributed by atoms with Crippen molar-refractivity contribution in [3.8, 4) is 0 Å². The van der Waals surface area contributed by atoms with Crippen molar-refractivity contribution < 1.29 is 14.0 Å². The van der Waals surface area contributed by atoms with E-state index >= 15 is 0 Å². The van der Waals surface area contributed by atoms with Crippen molar-refractivity contribution in [1.29, 1.82) is 0 Å². The monoisotopic (exact) mass is 339 g/mol. The van der Waals surface area contributed by atoms with Crippen molar-refractivity contribution in [1.82, 2.24) is 25.4 Å². The molecule has 0 saturated heterocycles. The van der Waals surface area contributed by atoms with Gasteiger partial charge >= 0.3 is 0 Å². The highest BCUT2D eigenvalue weighted by molar-refractivity contribution is 5.94. The maximum Gasteiger partial charge on any atom is 0.287 e. The average molecular weight is 339 g/mol. The first kappa shape index (κ1) is 16.4. The summed E-state index contributed by atoms with van der Waals surface area (Å²) in [5.74, 6) is -0.259. The molecule has 0 atom stereocenters. The molecule has 2 N–H and O–H groups in total. The maximum absolute atomic E-state index is 12.1. The second-order valence-electron chi connectivity index (χ2n) is 5.28. The normalized spacial score (nSPS) is 10.4. The third kappa shape index (κ3) is 4.54. The minimum Gasteiger partial charge on any atom is -0.459 e. The van der Waals surface area contributed by atoms with Crippen LogP contribution in [-0.4, -0.2) is 39.7 Å². The lowest BCUT2D eigenvalue weighted by Gasteiger charge is -2.07. The van der Waals surface area contributed by atoms with Crippen LogP contribution in [0, 0.1) is 0 Å². The van der Waals surface area contributed by atoms with Crippen molar-refractivity contribution in [2.24, 2.45) is 0 Å². The highest BCUT2D eigenvalue weighted by Gasteiger charge is 2.08. The van der Waals surface area contributed by atoms with Crippen molar-refractivity contribution in [2.45, 2.75) is 6.54 Å². The summed E-state index contributed by atoms with van der Waals surface area (Å²) in [5, 5.41) is 9.45. The van der Waals surface area contributed by atoms with E-state index in [-0.39, 0.29) is 17.6 Å². The summed E-state index contributed by atoms with van der Waals surface area (Å²) in [4.78, 5) is 27.6. The molecule has 0 bridgehead atoms. The van der Waals surface area contributed by atoms with Gasteiger partial charge in [0.15, 0.2) is 5.76 Å². The number of hydrogen-bond donors (Lipinski definition) is 2. The van der Waals surface area contributed by atoms with Crippen molar-refractivity contribution in [3.05, 3.63) is 72.2 Å². The topological polar surface area (TPSA) is 102 Å². The Morgan fingerprint density at radius 2 is 1.80 bits per heavy atom. The van der Waals surface area contributed by atoms with Gasteiger partial charge in [0.25, 0.3) is 11.8 Å². The molecule has 8 nitrogen and oxygen atoms in total. The van der Waals surface area contributed by atoms with Crippen LogP contribution in [0.5, 0.6) is 0 Å². The largest absolute Gasteiger partial charge is 0.459 e. The lowest BCUT2D eigenvalue weighted by molar-refractivity contribution is 0.0910. The Hall–Kier alpha value is -3.42. The van der Waals surface area contributed by atoms with Crippen LogP contribution < -0.4 is 10.6 Å². The minimum atomic E-state index is -0.309. The van der Waals surface area contributed by atoms with Gasteiger partial charge < -0.3 is 15.1 Å². The number of nitrogens with zero attached hydrogens (tertiary/aromatic N) is 3. The standard InChI is InChI=1S/C17H17N5O3/c23-16(19-7-8-20-17(24)15-2-1-9-25-15)14-5-3-13(4-6-14)10-22-12-18-11-21-22/h1-6,9,11-12H,7-8,10H2,(H,19,23)(H,20,24). The second-order valence-corrected chi connectivity index (χ2v) is 5.28. The summed E-state index contributed by atoms with van der Waals surface area (Å²) in [7, 11) is 0. The molecular weight excluding hydrogens is 322 g/mol. The van der Waals surface area contributed by atoms with E-state index in [0.29, 0.717) is 25.2 Å². The number of rotatable bonds is 7. The SMILES string of the molecule is O=C(NCCNC(=O)c1ccco1)c1ccc(Cn2cncn2)cc1. The van der Waals surface area contributed by atoms with Gasteiger partial charge in [-0.2, -0.15) is 5.10 Å². The van der Waals surface area contributed by atoms with E-state index in [1.807, 2.05) is 12.1 Å². The molecule has 2 amide bonds. The smallest absolute Gasteiger partial charge is 0.287 e. The van der Waals surface area contributed by atoms with Gasteiger partial charge in [-0.15, -0.1) is 0 Å². The number of hydrogen-bond acceptors (Lipinski definition) is 5. The molecule has 0 unspecified atom stereocenters. The quantitative estimate of drug-likeness (QED) is 0.627. The van der Waals surface area contributed by atoms with Crippen LogP contribution in [0.3, 0.4) is 0 Å². The van der Waals surface area contributed by atoms with E-state index in [1.54, 1.807) is 35.3 Å². The highest BCUT2D eigenvalue weighted by atomic mass is 16.3. The number of carbonyl (C=O) groups is 2. The molecule has 0 radical (unpaired) electrons. The summed E-state index contributed by atoms with van der Waals surface area (Å²) in [6.45, 7) is 1.24. The number of nitrogens with one attached hydrogen (secondary N) is 2. The molecule has 0 saturated carbocycles. The van der Waals surface area contributed by atoms with Gasteiger partial charge in [0, 0.05) is 18.7 Å². The molecule has 0 aliphatic rings. The van der Waals surface area contributed by atoms with Crippen LogP contribution in [-0.2, 0) is 6.54 Å². The molecule has 2 aromatic heterocycles.